The van der Waals surface area contributed by atoms with Gasteiger partial charge in [0.15, 0.2) is 0 Å². The number of benzene rings is 2. The van der Waals surface area contributed by atoms with Crippen molar-refractivity contribution >= 4 is 23.5 Å². The van der Waals surface area contributed by atoms with Crippen molar-refractivity contribution in [2.45, 2.75) is 19.3 Å². The molecule has 0 saturated carbocycles. The van der Waals surface area contributed by atoms with Gasteiger partial charge in [-0.15, -0.1) is 0 Å². The number of rotatable bonds is 5. The third-order valence-corrected chi connectivity index (χ3v) is 3.50. The van der Waals surface area contributed by atoms with E-state index in [1.165, 1.54) is 0 Å². The minimum atomic E-state index is -0.0697. The second kappa shape index (κ2) is 7.06. The van der Waals surface area contributed by atoms with E-state index >= 15 is 0 Å². The molecule has 1 nitrogen and oxygen atoms in total. The maximum absolute atomic E-state index is 11.8. The lowest BCUT2D eigenvalue weighted by Crippen LogP contribution is -2.07. The van der Waals surface area contributed by atoms with Crippen molar-refractivity contribution in [1.82, 2.24) is 0 Å². The first-order valence-electron chi connectivity index (χ1n) is 6.64. The van der Waals surface area contributed by atoms with Gasteiger partial charge in [0.05, 0.1) is 0 Å². The van der Waals surface area contributed by atoms with Crippen LogP contribution in [0.5, 0.6) is 0 Å². The molecule has 0 heterocycles. The lowest BCUT2D eigenvalue weighted by molar-refractivity contribution is -0.118. The Morgan fingerprint density at radius 2 is 1.75 bits per heavy atom. The first-order valence-corrected chi connectivity index (χ1v) is 7.02. The molecule has 0 N–H and O–H groups in total. The predicted molar refractivity (Wildman–Crippen MR) is 85.0 cm³/mol. The Hall–Kier alpha value is -1.86. The summed E-state index contributed by atoms with van der Waals surface area (Å²) < 4.78 is 0. The molecule has 20 heavy (non-hydrogen) atoms. The summed E-state index contributed by atoms with van der Waals surface area (Å²) in [6, 6.07) is 17.5. The van der Waals surface area contributed by atoms with Crippen molar-refractivity contribution in [1.29, 1.82) is 0 Å². The molecule has 0 spiro atoms. The van der Waals surface area contributed by atoms with E-state index in [1.807, 2.05) is 66.7 Å². The highest BCUT2D eigenvalue weighted by atomic mass is 35.5. The van der Waals surface area contributed by atoms with E-state index in [9.17, 15) is 4.79 Å². The van der Waals surface area contributed by atoms with Gasteiger partial charge in [-0.2, -0.15) is 0 Å². The van der Waals surface area contributed by atoms with E-state index in [0.717, 1.165) is 16.1 Å². The molecule has 2 aromatic carbocycles. The monoisotopic (exact) mass is 284 g/mol. The van der Waals surface area contributed by atoms with Crippen molar-refractivity contribution in [3.8, 4) is 0 Å². The summed E-state index contributed by atoms with van der Waals surface area (Å²) in [5.74, 6) is 0.122. The fraction of sp³-hybridized carbons (Fsp3) is 0.167. The number of halogens is 1. The molecule has 102 valence electrons. The Morgan fingerprint density at radius 3 is 2.35 bits per heavy atom. The van der Waals surface area contributed by atoms with E-state index in [0.29, 0.717) is 6.42 Å². The molecule has 0 aromatic heterocycles. The zero-order valence-corrected chi connectivity index (χ0v) is 12.2. The van der Waals surface area contributed by atoms with Gasteiger partial charge < -0.3 is 0 Å². The molecule has 0 aliphatic rings. The Bertz CT molecular complexity index is 585. The van der Waals surface area contributed by atoms with Gasteiger partial charge in [0.1, 0.15) is 5.78 Å². The maximum atomic E-state index is 11.8. The van der Waals surface area contributed by atoms with Crippen LogP contribution in [0.3, 0.4) is 0 Å². The van der Waals surface area contributed by atoms with E-state index < -0.39 is 0 Å². The number of hydrogen-bond acceptors (Lipinski definition) is 1. The zero-order chi connectivity index (χ0) is 14.4. The van der Waals surface area contributed by atoms with Gasteiger partial charge in [0.25, 0.3) is 0 Å². The van der Waals surface area contributed by atoms with Crippen molar-refractivity contribution in [2.24, 2.45) is 0 Å². The van der Waals surface area contributed by atoms with Crippen LogP contribution < -0.4 is 0 Å². The molecule has 0 aliphatic carbocycles. The van der Waals surface area contributed by atoms with Crippen molar-refractivity contribution in [3.05, 3.63) is 76.8 Å². The molecule has 0 amide bonds. The normalized spacial score (nSPS) is 12.5. The molecule has 2 aromatic rings. The van der Waals surface area contributed by atoms with Crippen LogP contribution in [0, 0.1) is 0 Å². The maximum Gasteiger partial charge on any atom is 0.137 e. The molecule has 1 unspecified atom stereocenters. The Labute approximate surface area is 124 Å². The van der Waals surface area contributed by atoms with Crippen molar-refractivity contribution in [3.63, 3.8) is 0 Å². The highest BCUT2D eigenvalue weighted by molar-refractivity contribution is 6.30. The molecule has 0 saturated heterocycles. The van der Waals surface area contributed by atoms with Crippen LogP contribution in [-0.2, 0) is 4.79 Å². The first-order chi connectivity index (χ1) is 9.66. The minimum Gasteiger partial charge on any atom is -0.299 e. The Morgan fingerprint density at radius 1 is 1.10 bits per heavy atom. The highest BCUT2D eigenvalue weighted by Gasteiger charge is 2.14. The Kier molecular flexibility index (Phi) is 5.14. The number of carbonyl (C=O) groups is 1. The average molecular weight is 285 g/mol. The van der Waals surface area contributed by atoms with Gasteiger partial charge in [-0.3, -0.25) is 4.79 Å². The largest absolute Gasteiger partial charge is 0.299 e. The molecule has 2 rings (SSSR count). The summed E-state index contributed by atoms with van der Waals surface area (Å²) in [4.78, 5) is 11.8. The lowest BCUT2D eigenvalue weighted by atomic mass is 9.92. The highest BCUT2D eigenvalue weighted by Crippen LogP contribution is 2.21. The van der Waals surface area contributed by atoms with Crippen LogP contribution in [0.4, 0.5) is 0 Å². The number of allylic oxidation sites excluding steroid dienone is 1. The third kappa shape index (κ3) is 4.07. The van der Waals surface area contributed by atoms with E-state index in [4.69, 9.17) is 11.6 Å². The number of Topliss-reactive ketones (excluding diaryl/α,β-unsaturated/α-hetero) is 1. The van der Waals surface area contributed by atoms with Crippen LogP contribution in [0.15, 0.2) is 60.7 Å². The summed E-state index contributed by atoms with van der Waals surface area (Å²) in [5, 5.41) is 0.730. The summed E-state index contributed by atoms with van der Waals surface area (Å²) in [7, 11) is 0. The summed E-state index contributed by atoms with van der Waals surface area (Å²) in [6.07, 6.45) is 4.78. The van der Waals surface area contributed by atoms with Crippen LogP contribution >= 0.6 is 11.6 Å². The van der Waals surface area contributed by atoms with Crippen molar-refractivity contribution < 1.29 is 4.79 Å². The SMILES string of the molecule is CC(=O)C(CC=Cc1ccc(Cl)cc1)c1ccccc1. The molecular formula is C18H17ClO. The quantitative estimate of drug-likeness (QED) is 0.745. The van der Waals surface area contributed by atoms with E-state index in [-0.39, 0.29) is 11.7 Å². The molecule has 0 radical (unpaired) electrons. The van der Waals surface area contributed by atoms with Gasteiger partial charge >= 0.3 is 0 Å². The van der Waals surface area contributed by atoms with Gasteiger partial charge in [0.2, 0.25) is 0 Å². The molecule has 2 heteroatoms. The van der Waals surface area contributed by atoms with Crippen LogP contribution in [-0.4, -0.2) is 5.78 Å². The average Bonchev–Trinajstić information content (AvgIpc) is 2.46. The number of carbonyl (C=O) groups excluding carboxylic acids is 1. The van der Waals surface area contributed by atoms with Gasteiger partial charge in [-0.05, 0) is 36.6 Å². The molecular weight excluding hydrogens is 268 g/mol. The fourth-order valence-electron chi connectivity index (χ4n) is 2.14. The first kappa shape index (κ1) is 14.5. The van der Waals surface area contributed by atoms with E-state index in [1.54, 1.807) is 6.92 Å². The second-order valence-electron chi connectivity index (χ2n) is 4.76. The predicted octanol–water partition coefficient (Wildman–Crippen LogP) is 5.12. The van der Waals surface area contributed by atoms with Crippen molar-refractivity contribution in [2.75, 3.05) is 0 Å². The van der Waals surface area contributed by atoms with Crippen LogP contribution in [0.2, 0.25) is 5.02 Å². The molecule has 0 aliphatic heterocycles. The molecule has 0 bridgehead atoms. The standard InChI is InChI=1S/C18H17ClO/c1-14(20)18(16-7-3-2-4-8-16)9-5-6-15-10-12-17(19)13-11-15/h2-8,10-13,18H,9H2,1H3. The third-order valence-electron chi connectivity index (χ3n) is 3.24. The topological polar surface area (TPSA) is 17.1 Å². The van der Waals surface area contributed by atoms with Gasteiger partial charge in [0, 0.05) is 10.9 Å². The lowest BCUT2D eigenvalue weighted by Gasteiger charge is -2.11. The van der Waals surface area contributed by atoms with Crippen LogP contribution in [0.25, 0.3) is 6.08 Å². The summed E-state index contributed by atoms with van der Waals surface area (Å²) in [5.41, 5.74) is 2.16. The smallest absolute Gasteiger partial charge is 0.137 e. The second-order valence-corrected chi connectivity index (χ2v) is 5.20. The Balaban J connectivity index is 2.06. The van der Waals surface area contributed by atoms with Gasteiger partial charge in [-0.1, -0.05) is 66.2 Å². The zero-order valence-electron chi connectivity index (χ0n) is 11.4. The van der Waals surface area contributed by atoms with Crippen LogP contribution in [0.1, 0.15) is 30.4 Å². The van der Waals surface area contributed by atoms with Gasteiger partial charge in [-0.25, -0.2) is 0 Å². The number of hydrogen-bond donors (Lipinski definition) is 0. The summed E-state index contributed by atoms with van der Waals surface area (Å²) >= 11 is 5.85. The molecule has 0 fully saturated rings. The fourth-order valence-corrected chi connectivity index (χ4v) is 2.26. The minimum absolute atomic E-state index is 0.0697. The summed E-state index contributed by atoms with van der Waals surface area (Å²) in [6.45, 7) is 1.65. The van der Waals surface area contributed by atoms with E-state index in [2.05, 4.69) is 0 Å². The molecule has 1 atom stereocenters. The number of ketones is 1.